The van der Waals surface area contributed by atoms with Crippen LogP contribution in [0, 0.1) is 29.1 Å². The maximum Gasteiger partial charge on any atom is 0.252 e. The van der Waals surface area contributed by atoms with Gasteiger partial charge in [0, 0.05) is 11.1 Å². The van der Waals surface area contributed by atoms with Crippen LogP contribution in [0.25, 0.3) is 0 Å². The number of nitrogens with zero attached hydrogens (tertiary/aromatic N) is 1. The molecule has 0 radical (unpaired) electrons. The molecule has 4 bridgehead atoms. The molecule has 1 aromatic carbocycles. The van der Waals surface area contributed by atoms with E-state index in [-0.39, 0.29) is 11.4 Å². The van der Waals surface area contributed by atoms with Crippen molar-refractivity contribution in [3.63, 3.8) is 0 Å². The summed E-state index contributed by atoms with van der Waals surface area (Å²) in [5, 5.41) is 12.3. The minimum Gasteiger partial charge on any atom is -0.347 e. The smallest absolute Gasteiger partial charge is 0.252 e. The minimum atomic E-state index is 0.0211. The van der Waals surface area contributed by atoms with Crippen LogP contribution < -0.4 is 5.32 Å². The molecule has 22 heavy (non-hydrogen) atoms. The molecule has 0 aliphatic heterocycles. The highest BCUT2D eigenvalue weighted by molar-refractivity contribution is 5.96. The van der Waals surface area contributed by atoms with E-state index >= 15 is 0 Å². The van der Waals surface area contributed by atoms with E-state index in [2.05, 4.69) is 11.4 Å². The van der Waals surface area contributed by atoms with Gasteiger partial charge in [0.15, 0.2) is 0 Å². The summed E-state index contributed by atoms with van der Waals surface area (Å²) in [5.41, 5.74) is 1.55. The fraction of sp³-hybridized carbons (Fsp3) is 0.579. The van der Waals surface area contributed by atoms with Gasteiger partial charge in [-0.2, -0.15) is 5.26 Å². The number of carbonyl (C=O) groups excluding carboxylic acids is 1. The van der Waals surface area contributed by atoms with Crippen molar-refractivity contribution < 1.29 is 4.79 Å². The molecule has 0 spiro atoms. The number of amides is 1. The van der Waals surface area contributed by atoms with Crippen LogP contribution in [0.4, 0.5) is 0 Å². The van der Waals surface area contributed by atoms with E-state index in [9.17, 15) is 4.79 Å². The first-order chi connectivity index (χ1) is 10.7. The topological polar surface area (TPSA) is 52.9 Å². The summed E-state index contributed by atoms with van der Waals surface area (Å²) < 4.78 is 0. The highest BCUT2D eigenvalue weighted by atomic mass is 16.1. The number of carbonyl (C=O) groups is 1. The summed E-state index contributed by atoms with van der Waals surface area (Å²) in [6.45, 7) is 0. The summed E-state index contributed by atoms with van der Waals surface area (Å²) in [4.78, 5) is 12.8. The van der Waals surface area contributed by atoms with Gasteiger partial charge < -0.3 is 5.32 Å². The summed E-state index contributed by atoms with van der Waals surface area (Å²) in [7, 11) is 0. The number of rotatable bonds is 3. The zero-order valence-corrected chi connectivity index (χ0v) is 12.8. The lowest BCUT2D eigenvalue weighted by Gasteiger charge is -2.56. The van der Waals surface area contributed by atoms with Gasteiger partial charge in [0.25, 0.3) is 5.91 Å². The summed E-state index contributed by atoms with van der Waals surface area (Å²) in [5.74, 6) is 2.48. The van der Waals surface area contributed by atoms with Crippen LogP contribution in [0.1, 0.15) is 54.4 Å². The van der Waals surface area contributed by atoms with Crippen molar-refractivity contribution in [3.8, 4) is 6.07 Å². The fourth-order valence-corrected chi connectivity index (χ4v) is 5.55. The lowest BCUT2D eigenvalue weighted by molar-refractivity contribution is -0.0167. The van der Waals surface area contributed by atoms with Crippen molar-refractivity contribution in [1.29, 1.82) is 5.26 Å². The second-order valence-electron chi connectivity index (χ2n) is 7.64. The molecule has 0 aromatic heterocycles. The quantitative estimate of drug-likeness (QED) is 0.928. The number of benzene rings is 1. The summed E-state index contributed by atoms with van der Waals surface area (Å²) >= 11 is 0. The van der Waals surface area contributed by atoms with Gasteiger partial charge >= 0.3 is 0 Å². The Balaban J connectivity index is 1.57. The first-order valence-electron chi connectivity index (χ1n) is 8.45. The van der Waals surface area contributed by atoms with Gasteiger partial charge in [-0.1, -0.05) is 18.2 Å². The standard InChI is InChI=1S/C19H22N2O/c20-6-5-16-3-1-2-4-17(16)18(22)21-19-10-13-7-14(11-19)9-15(8-13)12-19/h1-4,13-15H,5,7-12H2,(H,21,22). The molecule has 0 unspecified atom stereocenters. The summed E-state index contributed by atoms with van der Waals surface area (Å²) in [6, 6.07) is 9.68. The van der Waals surface area contributed by atoms with Crippen LogP contribution >= 0.6 is 0 Å². The maximum absolute atomic E-state index is 12.8. The Hall–Kier alpha value is -1.82. The molecular weight excluding hydrogens is 272 g/mol. The molecular formula is C19H22N2O. The first-order valence-corrected chi connectivity index (χ1v) is 8.45. The molecule has 3 heteroatoms. The molecule has 3 nitrogen and oxygen atoms in total. The largest absolute Gasteiger partial charge is 0.347 e. The van der Waals surface area contributed by atoms with Crippen molar-refractivity contribution in [3.05, 3.63) is 35.4 Å². The Morgan fingerprint density at radius 2 is 1.73 bits per heavy atom. The van der Waals surface area contributed by atoms with E-state index in [1.165, 1.54) is 19.3 Å². The Morgan fingerprint density at radius 1 is 1.14 bits per heavy atom. The fourth-order valence-electron chi connectivity index (χ4n) is 5.55. The molecule has 0 atom stereocenters. The third-order valence-corrected chi connectivity index (χ3v) is 5.95. The molecule has 4 fully saturated rings. The van der Waals surface area contributed by atoms with E-state index in [0.717, 1.165) is 42.6 Å². The van der Waals surface area contributed by atoms with Gasteiger partial charge in [-0.05, 0) is 67.9 Å². The number of hydrogen-bond donors (Lipinski definition) is 1. The molecule has 114 valence electrons. The molecule has 5 rings (SSSR count). The highest BCUT2D eigenvalue weighted by Crippen LogP contribution is 2.55. The van der Waals surface area contributed by atoms with Crippen molar-refractivity contribution >= 4 is 5.91 Å². The Bertz CT molecular complexity index is 608. The molecule has 4 saturated carbocycles. The van der Waals surface area contributed by atoms with Gasteiger partial charge in [0.05, 0.1) is 12.5 Å². The van der Waals surface area contributed by atoms with Crippen LogP contribution in [0.3, 0.4) is 0 Å². The Labute approximate surface area is 131 Å². The van der Waals surface area contributed by atoms with E-state index in [0.29, 0.717) is 12.0 Å². The third-order valence-electron chi connectivity index (χ3n) is 5.95. The van der Waals surface area contributed by atoms with Crippen molar-refractivity contribution in [1.82, 2.24) is 5.32 Å². The van der Waals surface area contributed by atoms with Gasteiger partial charge in [-0.25, -0.2) is 0 Å². The second kappa shape index (κ2) is 5.12. The van der Waals surface area contributed by atoms with E-state index in [1.54, 1.807) is 0 Å². The number of nitrogens with one attached hydrogen (secondary N) is 1. The maximum atomic E-state index is 12.8. The van der Waals surface area contributed by atoms with E-state index in [4.69, 9.17) is 5.26 Å². The molecule has 1 aromatic rings. The molecule has 0 saturated heterocycles. The van der Waals surface area contributed by atoms with Crippen LogP contribution in [0.15, 0.2) is 24.3 Å². The molecule has 0 heterocycles. The van der Waals surface area contributed by atoms with Crippen LogP contribution in [0.5, 0.6) is 0 Å². The lowest BCUT2D eigenvalue weighted by Crippen LogP contribution is -2.59. The minimum absolute atomic E-state index is 0.0211. The van der Waals surface area contributed by atoms with Gasteiger partial charge in [-0.15, -0.1) is 0 Å². The average Bonchev–Trinajstić information content (AvgIpc) is 2.46. The zero-order valence-electron chi connectivity index (χ0n) is 12.8. The lowest BCUT2D eigenvalue weighted by atomic mass is 9.53. The zero-order chi connectivity index (χ0) is 15.2. The Morgan fingerprint density at radius 3 is 2.32 bits per heavy atom. The Kier molecular flexibility index (Phi) is 3.22. The number of nitriles is 1. The normalized spacial score (nSPS) is 35.1. The second-order valence-corrected chi connectivity index (χ2v) is 7.64. The number of hydrogen-bond acceptors (Lipinski definition) is 2. The highest BCUT2D eigenvalue weighted by Gasteiger charge is 2.51. The van der Waals surface area contributed by atoms with Crippen molar-refractivity contribution in [2.45, 2.75) is 50.5 Å². The van der Waals surface area contributed by atoms with Crippen molar-refractivity contribution in [2.24, 2.45) is 17.8 Å². The van der Waals surface area contributed by atoms with Gasteiger partial charge in [-0.3, -0.25) is 4.79 Å². The van der Waals surface area contributed by atoms with Crippen LogP contribution in [0.2, 0.25) is 0 Å². The van der Waals surface area contributed by atoms with Gasteiger partial charge in [0.1, 0.15) is 0 Å². The molecule has 4 aliphatic carbocycles. The SMILES string of the molecule is N#CCc1ccccc1C(=O)NC12CC3CC(CC(C3)C1)C2. The average molecular weight is 294 g/mol. The molecule has 1 amide bonds. The predicted molar refractivity (Wildman–Crippen MR) is 84.1 cm³/mol. The van der Waals surface area contributed by atoms with E-state index < -0.39 is 0 Å². The monoisotopic (exact) mass is 294 g/mol. The van der Waals surface area contributed by atoms with Crippen molar-refractivity contribution in [2.75, 3.05) is 0 Å². The summed E-state index contributed by atoms with van der Waals surface area (Å²) in [6.07, 6.45) is 7.90. The molecule has 1 N–H and O–H groups in total. The van der Waals surface area contributed by atoms with Gasteiger partial charge in [0.2, 0.25) is 0 Å². The first kappa shape index (κ1) is 13.8. The third kappa shape index (κ3) is 2.31. The van der Waals surface area contributed by atoms with Crippen LogP contribution in [-0.2, 0) is 6.42 Å². The van der Waals surface area contributed by atoms with Crippen LogP contribution in [-0.4, -0.2) is 11.4 Å². The molecule has 4 aliphatic rings. The van der Waals surface area contributed by atoms with E-state index in [1.807, 2.05) is 24.3 Å². The predicted octanol–water partition coefficient (Wildman–Crippen LogP) is 3.45.